The lowest BCUT2D eigenvalue weighted by molar-refractivity contribution is 0.0988. The molecule has 188 valence electrons. The highest BCUT2D eigenvalue weighted by Gasteiger charge is 2.37. The van der Waals surface area contributed by atoms with Gasteiger partial charge in [-0.25, -0.2) is 4.98 Å². The molecule has 36 heavy (non-hydrogen) atoms. The third-order valence-corrected chi connectivity index (χ3v) is 6.86. The Morgan fingerprint density at radius 1 is 1.17 bits per heavy atom. The van der Waals surface area contributed by atoms with Gasteiger partial charge < -0.3 is 25.2 Å². The average molecular weight is 487 g/mol. The minimum atomic E-state index is -0.0855. The van der Waals surface area contributed by atoms with Crippen LogP contribution in [-0.4, -0.2) is 55.1 Å². The zero-order valence-corrected chi connectivity index (χ0v) is 21.0. The molecule has 1 amide bonds. The smallest absolute Gasteiger partial charge is 0.263 e. The number of rotatable bonds is 9. The van der Waals surface area contributed by atoms with E-state index in [0.29, 0.717) is 18.1 Å². The van der Waals surface area contributed by atoms with Gasteiger partial charge in [0.25, 0.3) is 5.91 Å². The van der Waals surface area contributed by atoms with E-state index in [4.69, 9.17) is 9.72 Å². The normalized spacial score (nSPS) is 17.8. The van der Waals surface area contributed by atoms with Gasteiger partial charge in [0, 0.05) is 50.0 Å². The molecule has 0 bridgehead atoms. The minimum absolute atomic E-state index is 0.0746. The predicted molar refractivity (Wildman–Crippen MR) is 143 cm³/mol. The Labute approximate surface area is 212 Å². The quantitative estimate of drug-likeness (QED) is 0.467. The molecule has 1 saturated heterocycles. The van der Waals surface area contributed by atoms with E-state index in [1.807, 2.05) is 61.3 Å². The van der Waals surface area contributed by atoms with Crippen LogP contribution in [0.5, 0.6) is 5.75 Å². The van der Waals surface area contributed by atoms with E-state index in [1.54, 1.807) is 6.20 Å². The van der Waals surface area contributed by atoms with E-state index in [1.165, 1.54) is 0 Å². The summed E-state index contributed by atoms with van der Waals surface area (Å²) in [5, 5.41) is 6.39. The summed E-state index contributed by atoms with van der Waals surface area (Å²) in [6.45, 7) is 5.09. The number of benzene rings is 2. The molecular formula is C28H34N6O2. The van der Waals surface area contributed by atoms with Crippen molar-refractivity contribution in [1.29, 1.82) is 0 Å². The summed E-state index contributed by atoms with van der Waals surface area (Å²) >= 11 is 0. The first-order chi connectivity index (χ1) is 17.7. The summed E-state index contributed by atoms with van der Waals surface area (Å²) in [4.78, 5) is 27.1. The maximum atomic E-state index is 13.8. The lowest BCUT2D eigenvalue weighted by atomic mass is 10.1. The zero-order chi connectivity index (χ0) is 24.9. The number of aromatic nitrogens is 2. The molecule has 3 aromatic rings. The summed E-state index contributed by atoms with van der Waals surface area (Å²) in [5.74, 6) is 1.97. The Hall–Kier alpha value is -3.65. The Balaban J connectivity index is 1.45. The molecule has 0 aliphatic carbocycles. The monoisotopic (exact) mass is 486 g/mol. The van der Waals surface area contributed by atoms with Crippen LogP contribution in [0.25, 0.3) is 0 Å². The number of amides is 1. The van der Waals surface area contributed by atoms with Crippen molar-refractivity contribution in [3.63, 3.8) is 0 Å². The van der Waals surface area contributed by atoms with Gasteiger partial charge in [-0.15, -0.1) is 0 Å². The Morgan fingerprint density at radius 2 is 2.03 bits per heavy atom. The van der Waals surface area contributed by atoms with Crippen molar-refractivity contribution < 1.29 is 9.53 Å². The molecular weight excluding hydrogens is 452 g/mol. The second-order valence-corrected chi connectivity index (χ2v) is 9.27. The third kappa shape index (κ3) is 4.99. The number of anilines is 3. The molecule has 1 unspecified atom stereocenters. The lowest BCUT2D eigenvalue weighted by Gasteiger charge is -2.27. The second kappa shape index (κ2) is 11.0. The molecule has 2 aliphatic rings. The molecule has 8 nitrogen and oxygen atoms in total. The molecule has 3 heterocycles. The molecule has 0 spiro atoms. The first kappa shape index (κ1) is 24.1. The van der Waals surface area contributed by atoms with Crippen molar-refractivity contribution in [2.75, 3.05) is 48.3 Å². The van der Waals surface area contributed by atoms with Crippen molar-refractivity contribution in [2.45, 2.75) is 38.3 Å². The number of fused-ring (bicyclic) bond motifs is 3. The van der Waals surface area contributed by atoms with Crippen LogP contribution in [0.15, 0.2) is 60.8 Å². The van der Waals surface area contributed by atoms with Crippen LogP contribution in [0.1, 0.15) is 48.2 Å². The van der Waals surface area contributed by atoms with Crippen LogP contribution >= 0.6 is 0 Å². The number of hydrogen-bond acceptors (Lipinski definition) is 7. The number of hydrogen-bond donors (Lipinski definition) is 2. The first-order valence-corrected chi connectivity index (χ1v) is 12.8. The first-order valence-electron chi connectivity index (χ1n) is 12.8. The molecule has 0 saturated carbocycles. The van der Waals surface area contributed by atoms with E-state index in [-0.39, 0.29) is 18.1 Å². The molecule has 2 atom stereocenters. The molecule has 1 fully saturated rings. The van der Waals surface area contributed by atoms with E-state index in [9.17, 15) is 4.79 Å². The van der Waals surface area contributed by atoms with Gasteiger partial charge in [-0.2, -0.15) is 4.98 Å². The van der Waals surface area contributed by atoms with E-state index in [2.05, 4.69) is 32.7 Å². The van der Waals surface area contributed by atoms with Gasteiger partial charge in [0.05, 0.1) is 0 Å². The fourth-order valence-electron chi connectivity index (χ4n) is 5.08. The van der Waals surface area contributed by atoms with Gasteiger partial charge in [-0.05, 0) is 51.1 Å². The summed E-state index contributed by atoms with van der Waals surface area (Å²) in [7, 11) is 1.95. The van der Waals surface area contributed by atoms with Crippen molar-refractivity contribution in [1.82, 2.24) is 15.3 Å². The van der Waals surface area contributed by atoms with Crippen molar-refractivity contribution >= 4 is 23.4 Å². The third-order valence-electron chi connectivity index (χ3n) is 6.86. The maximum absolute atomic E-state index is 13.8. The zero-order valence-electron chi connectivity index (χ0n) is 21.0. The standard InChI is InChI=1S/C28H34N6O2/c1-3-30-28-31-18-24-26(32-28)33-16-8-12-22(33)19-34(27(24)35)21-11-7-13-23(17-21)36-25(14-15-29-2)20-9-5-4-6-10-20/h4-7,9-11,13,17-18,22,25,29H,3,8,12,14-16,19H2,1-2H3,(H,30,31,32)/t22-,25?/m0/s1. The number of nitrogens with zero attached hydrogens (tertiary/aromatic N) is 4. The highest BCUT2D eigenvalue weighted by atomic mass is 16.5. The van der Waals surface area contributed by atoms with Gasteiger partial charge in [-0.3, -0.25) is 4.79 Å². The molecule has 8 heteroatoms. The van der Waals surface area contributed by atoms with Gasteiger partial charge in [0.15, 0.2) is 0 Å². The molecule has 2 aromatic carbocycles. The van der Waals surface area contributed by atoms with E-state index >= 15 is 0 Å². The predicted octanol–water partition coefficient (Wildman–Crippen LogP) is 4.27. The molecule has 2 aliphatic heterocycles. The second-order valence-electron chi connectivity index (χ2n) is 9.27. The molecule has 1 aromatic heterocycles. The van der Waals surface area contributed by atoms with Gasteiger partial charge in [0.1, 0.15) is 23.2 Å². The highest BCUT2D eigenvalue weighted by Crippen LogP contribution is 2.35. The Bertz CT molecular complexity index is 1190. The fraction of sp³-hybridized carbons (Fsp3) is 0.393. The van der Waals surface area contributed by atoms with Crippen molar-refractivity contribution in [2.24, 2.45) is 0 Å². The van der Waals surface area contributed by atoms with E-state index < -0.39 is 0 Å². The van der Waals surface area contributed by atoms with Crippen LogP contribution in [0.2, 0.25) is 0 Å². The molecule has 2 N–H and O–H groups in total. The number of ether oxygens (including phenoxy) is 1. The SMILES string of the molecule is CCNc1ncc2c(n1)N1CCC[C@H]1CN(c1cccc(OC(CCNC)c3ccccc3)c1)C2=O. The number of carbonyl (C=O) groups excluding carboxylic acids is 1. The van der Waals surface area contributed by atoms with Crippen molar-refractivity contribution in [3.05, 3.63) is 71.9 Å². The van der Waals surface area contributed by atoms with Gasteiger partial charge in [-0.1, -0.05) is 36.4 Å². The lowest BCUT2D eigenvalue weighted by Crippen LogP contribution is -2.39. The van der Waals surface area contributed by atoms with Crippen molar-refractivity contribution in [3.8, 4) is 5.75 Å². The van der Waals surface area contributed by atoms with Crippen LogP contribution in [0.3, 0.4) is 0 Å². The molecule has 5 rings (SSSR count). The largest absolute Gasteiger partial charge is 0.486 e. The van der Waals surface area contributed by atoms with E-state index in [0.717, 1.165) is 61.7 Å². The minimum Gasteiger partial charge on any atom is -0.486 e. The fourth-order valence-corrected chi connectivity index (χ4v) is 5.08. The Kier molecular flexibility index (Phi) is 7.32. The maximum Gasteiger partial charge on any atom is 0.263 e. The Morgan fingerprint density at radius 3 is 2.83 bits per heavy atom. The summed E-state index contributed by atoms with van der Waals surface area (Å²) < 4.78 is 6.48. The van der Waals surface area contributed by atoms with Gasteiger partial charge >= 0.3 is 0 Å². The molecule has 0 radical (unpaired) electrons. The summed E-state index contributed by atoms with van der Waals surface area (Å²) in [6.07, 6.45) is 4.53. The summed E-state index contributed by atoms with van der Waals surface area (Å²) in [5.41, 5.74) is 2.50. The average Bonchev–Trinajstić information content (AvgIpc) is 3.34. The van der Waals surface area contributed by atoms with Gasteiger partial charge in [0.2, 0.25) is 5.95 Å². The van der Waals surface area contributed by atoms with Crippen LogP contribution < -0.4 is 25.2 Å². The van der Waals surface area contributed by atoms with Crippen LogP contribution in [0.4, 0.5) is 17.5 Å². The van der Waals surface area contributed by atoms with Crippen LogP contribution in [0, 0.1) is 0 Å². The highest BCUT2D eigenvalue weighted by molar-refractivity contribution is 6.10. The van der Waals surface area contributed by atoms with Crippen LogP contribution in [-0.2, 0) is 0 Å². The topological polar surface area (TPSA) is 82.6 Å². The summed E-state index contributed by atoms with van der Waals surface area (Å²) in [6, 6.07) is 18.4. The number of nitrogens with one attached hydrogen (secondary N) is 2. The number of carbonyl (C=O) groups is 1.